The van der Waals surface area contributed by atoms with E-state index in [4.69, 9.17) is 4.74 Å². The molecule has 2 amide bonds. The summed E-state index contributed by atoms with van der Waals surface area (Å²) >= 11 is 1.19. The van der Waals surface area contributed by atoms with Gasteiger partial charge in [0.1, 0.15) is 4.21 Å². The molecule has 0 bridgehead atoms. The highest BCUT2D eigenvalue weighted by Gasteiger charge is 2.30. The van der Waals surface area contributed by atoms with Gasteiger partial charge in [-0.15, -0.1) is 11.3 Å². The smallest absolute Gasteiger partial charge is 0.252 e. The second-order valence-corrected chi connectivity index (χ2v) is 11.5. The summed E-state index contributed by atoms with van der Waals surface area (Å²) in [6.45, 7) is 6.53. The number of ether oxygens (including phenoxy) is 1. The van der Waals surface area contributed by atoms with Gasteiger partial charge in [0.2, 0.25) is 11.8 Å². The second kappa shape index (κ2) is 9.95. The number of nitrogens with zero attached hydrogens (tertiary/aromatic N) is 4. The van der Waals surface area contributed by atoms with Crippen LogP contribution in [0.1, 0.15) is 17.7 Å². The Balaban J connectivity index is 1.26. The maximum absolute atomic E-state index is 12.7. The molecule has 1 aromatic heterocycles. The molecule has 3 fully saturated rings. The minimum absolute atomic E-state index is 0.0211. The molecule has 3 saturated heterocycles. The minimum Gasteiger partial charge on any atom is -0.379 e. The Morgan fingerprint density at radius 2 is 1.48 bits per heavy atom. The van der Waals surface area contributed by atoms with E-state index < -0.39 is 10.0 Å². The summed E-state index contributed by atoms with van der Waals surface area (Å²) in [6, 6.07) is 3.36. The molecule has 11 heteroatoms. The zero-order valence-electron chi connectivity index (χ0n) is 17.7. The monoisotopic (exact) mass is 470 g/mol. The summed E-state index contributed by atoms with van der Waals surface area (Å²) in [5.74, 6) is 0.0799. The van der Waals surface area contributed by atoms with Gasteiger partial charge in [-0.3, -0.25) is 14.5 Å². The maximum Gasteiger partial charge on any atom is 0.252 e. The number of thiophene rings is 1. The fraction of sp³-hybridized carbons (Fsp3) is 0.700. The quantitative estimate of drug-likeness (QED) is 0.585. The summed E-state index contributed by atoms with van der Waals surface area (Å²) in [5.41, 5.74) is 0. The van der Waals surface area contributed by atoms with Crippen molar-refractivity contribution >= 4 is 33.2 Å². The molecule has 0 aliphatic carbocycles. The number of hydrogen-bond acceptors (Lipinski definition) is 7. The standard InChI is InChI=1S/C20H30N4O5S2/c25-18(15-17-3-4-20(30-17)31(27,28)24-5-1-2-6-24)22-7-9-23(10-8-22)19(26)16-21-11-13-29-14-12-21/h3-4H,1-2,5-16H2. The van der Waals surface area contributed by atoms with Gasteiger partial charge in [-0.2, -0.15) is 4.31 Å². The van der Waals surface area contributed by atoms with E-state index in [2.05, 4.69) is 4.90 Å². The topological polar surface area (TPSA) is 90.5 Å². The largest absolute Gasteiger partial charge is 0.379 e. The molecule has 9 nitrogen and oxygen atoms in total. The molecule has 0 radical (unpaired) electrons. The summed E-state index contributed by atoms with van der Waals surface area (Å²) in [7, 11) is -3.44. The average Bonchev–Trinajstić information content (AvgIpc) is 3.48. The van der Waals surface area contributed by atoms with Crippen molar-refractivity contribution < 1.29 is 22.7 Å². The lowest BCUT2D eigenvalue weighted by atomic mass is 10.2. The third-order valence-corrected chi connectivity index (χ3v) is 9.52. The third-order valence-electron chi connectivity index (χ3n) is 6.07. The van der Waals surface area contributed by atoms with Crippen molar-refractivity contribution in [2.75, 3.05) is 72.1 Å². The molecule has 1 aromatic rings. The van der Waals surface area contributed by atoms with Crippen LogP contribution in [0.15, 0.2) is 16.3 Å². The van der Waals surface area contributed by atoms with E-state index in [0.29, 0.717) is 63.2 Å². The number of carbonyl (C=O) groups excluding carboxylic acids is 2. The molecular weight excluding hydrogens is 440 g/mol. The van der Waals surface area contributed by atoms with Crippen molar-refractivity contribution in [3.8, 4) is 0 Å². The van der Waals surface area contributed by atoms with Crippen molar-refractivity contribution in [3.05, 3.63) is 17.0 Å². The Kier molecular flexibility index (Phi) is 7.27. The molecule has 3 aliphatic heterocycles. The zero-order chi connectivity index (χ0) is 21.8. The van der Waals surface area contributed by atoms with Gasteiger partial charge in [-0.1, -0.05) is 0 Å². The summed E-state index contributed by atoms with van der Waals surface area (Å²) in [5, 5.41) is 0. The van der Waals surface area contributed by atoms with E-state index in [0.717, 1.165) is 30.8 Å². The van der Waals surface area contributed by atoms with Crippen molar-refractivity contribution in [1.29, 1.82) is 0 Å². The normalized spacial score (nSPS) is 21.5. The van der Waals surface area contributed by atoms with Crippen LogP contribution in [-0.4, -0.2) is 111 Å². The molecule has 0 N–H and O–H groups in total. The number of carbonyl (C=O) groups is 2. The van der Waals surface area contributed by atoms with Gasteiger partial charge in [0, 0.05) is 57.2 Å². The first-order chi connectivity index (χ1) is 14.9. The van der Waals surface area contributed by atoms with Crippen LogP contribution in [0.5, 0.6) is 0 Å². The molecule has 0 unspecified atom stereocenters. The Bertz CT molecular complexity index is 883. The molecular formula is C20H30N4O5S2. The summed E-state index contributed by atoms with van der Waals surface area (Å²) in [6.07, 6.45) is 2.00. The van der Waals surface area contributed by atoms with Crippen LogP contribution < -0.4 is 0 Å². The minimum atomic E-state index is -3.44. The molecule has 3 aliphatic rings. The number of amides is 2. The fourth-order valence-corrected chi connectivity index (χ4v) is 7.18. The molecule has 0 saturated carbocycles. The number of piperazine rings is 1. The van der Waals surface area contributed by atoms with E-state index in [-0.39, 0.29) is 18.2 Å². The van der Waals surface area contributed by atoms with E-state index in [9.17, 15) is 18.0 Å². The highest BCUT2D eigenvalue weighted by atomic mass is 32.2. The maximum atomic E-state index is 12.7. The Hall–Kier alpha value is -1.53. The van der Waals surface area contributed by atoms with Gasteiger partial charge in [0.15, 0.2) is 0 Å². The highest BCUT2D eigenvalue weighted by Crippen LogP contribution is 2.28. The predicted octanol–water partition coefficient (Wildman–Crippen LogP) is 0.0781. The summed E-state index contributed by atoms with van der Waals surface area (Å²) < 4.78 is 32.5. The van der Waals surface area contributed by atoms with E-state index >= 15 is 0 Å². The van der Waals surface area contributed by atoms with Gasteiger partial charge in [-0.05, 0) is 25.0 Å². The molecule has 4 rings (SSSR count). The highest BCUT2D eigenvalue weighted by molar-refractivity contribution is 7.91. The van der Waals surface area contributed by atoms with Crippen molar-refractivity contribution in [2.24, 2.45) is 0 Å². The average molecular weight is 471 g/mol. The lowest BCUT2D eigenvalue weighted by Gasteiger charge is -2.36. The molecule has 0 atom stereocenters. The van der Waals surface area contributed by atoms with E-state index in [1.807, 2.05) is 4.90 Å². The lowest BCUT2D eigenvalue weighted by molar-refractivity contribution is -0.140. The van der Waals surface area contributed by atoms with Crippen LogP contribution in [0.4, 0.5) is 0 Å². The van der Waals surface area contributed by atoms with Crippen molar-refractivity contribution in [1.82, 2.24) is 19.0 Å². The van der Waals surface area contributed by atoms with Crippen LogP contribution >= 0.6 is 11.3 Å². The Morgan fingerprint density at radius 1 is 0.871 bits per heavy atom. The SMILES string of the molecule is O=C(Cc1ccc(S(=O)(=O)N2CCCC2)s1)N1CCN(C(=O)CN2CCOCC2)CC1. The van der Waals surface area contributed by atoms with Crippen LogP contribution in [0.25, 0.3) is 0 Å². The number of sulfonamides is 1. The zero-order valence-corrected chi connectivity index (χ0v) is 19.3. The van der Waals surface area contributed by atoms with Crippen LogP contribution in [0.3, 0.4) is 0 Å². The van der Waals surface area contributed by atoms with Gasteiger partial charge in [-0.25, -0.2) is 8.42 Å². The second-order valence-electron chi connectivity index (χ2n) is 8.16. The van der Waals surface area contributed by atoms with Crippen molar-refractivity contribution in [3.63, 3.8) is 0 Å². The third kappa shape index (κ3) is 5.46. The van der Waals surface area contributed by atoms with Gasteiger partial charge in [0.05, 0.1) is 26.2 Å². The van der Waals surface area contributed by atoms with Gasteiger partial charge in [0.25, 0.3) is 10.0 Å². The van der Waals surface area contributed by atoms with E-state index in [1.165, 1.54) is 15.6 Å². The molecule has 0 spiro atoms. The number of hydrogen-bond donors (Lipinski definition) is 0. The first-order valence-corrected chi connectivity index (χ1v) is 13.1. The van der Waals surface area contributed by atoms with Crippen LogP contribution in [0.2, 0.25) is 0 Å². The van der Waals surface area contributed by atoms with Crippen LogP contribution in [0, 0.1) is 0 Å². The summed E-state index contributed by atoms with van der Waals surface area (Å²) in [4.78, 5) is 31.7. The lowest BCUT2D eigenvalue weighted by Crippen LogP contribution is -2.53. The fourth-order valence-electron chi connectivity index (χ4n) is 4.16. The van der Waals surface area contributed by atoms with E-state index in [1.54, 1.807) is 17.0 Å². The molecule has 0 aromatic carbocycles. The molecule has 31 heavy (non-hydrogen) atoms. The Morgan fingerprint density at radius 3 is 2.13 bits per heavy atom. The Labute approximate surface area is 187 Å². The molecule has 4 heterocycles. The van der Waals surface area contributed by atoms with Gasteiger partial charge < -0.3 is 14.5 Å². The van der Waals surface area contributed by atoms with Crippen LogP contribution in [-0.2, 0) is 30.8 Å². The first-order valence-electron chi connectivity index (χ1n) is 10.9. The van der Waals surface area contributed by atoms with Crippen molar-refractivity contribution in [2.45, 2.75) is 23.5 Å². The van der Waals surface area contributed by atoms with Gasteiger partial charge >= 0.3 is 0 Å². The predicted molar refractivity (Wildman–Crippen MR) is 116 cm³/mol. The first kappa shape index (κ1) is 22.7. The number of morpholine rings is 1. The number of rotatable bonds is 6. The molecule has 172 valence electrons.